The Labute approximate surface area is 110 Å². The number of nitrogens with one attached hydrogen (secondary N) is 1. The third kappa shape index (κ3) is 2.22. The van der Waals surface area contributed by atoms with Crippen LogP contribution in [0.15, 0.2) is 30.5 Å². The minimum absolute atomic E-state index is 0.589. The molecule has 5 heteroatoms. The van der Waals surface area contributed by atoms with Crippen molar-refractivity contribution in [3.63, 3.8) is 0 Å². The second-order valence-corrected chi connectivity index (χ2v) is 4.68. The van der Waals surface area contributed by atoms with Crippen molar-refractivity contribution in [1.82, 2.24) is 9.88 Å². The maximum Gasteiger partial charge on any atom is 0.325 e. The summed E-state index contributed by atoms with van der Waals surface area (Å²) in [6.07, 6.45) is 1.80. The Balaban J connectivity index is 2.01. The molecule has 1 aliphatic heterocycles. The summed E-state index contributed by atoms with van der Waals surface area (Å²) in [7, 11) is 0. The van der Waals surface area contributed by atoms with Crippen molar-refractivity contribution in [2.24, 2.45) is 0 Å². The number of aromatic amines is 1. The van der Waals surface area contributed by atoms with Crippen molar-refractivity contribution >= 4 is 16.9 Å². The number of hydrogen-bond acceptors (Lipinski definition) is 3. The second-order valence-electron chi connectivity index (χ2n) is 4.68. The molecule has 1 aromatic heterocycles. The fraction of sp³-hybridized carbons (Fsp3) is 0.357. The number of benzene rings is 1. The number of carbonyl (C=O) groups is 1. The molecular formula is C14H16N2O3. The number of carboxylic acid groups (broad SMARTS) is 1. The first-order valence-electron chi connectivity index (χ1n) is 6.38. The van der Waals surface area contributed by atoms with Crippen LogP contribution in [0.5, 0.6) is 0 Å². The molecule has 1 aliphatic rings. The average molecular weight is 260 g/mol. The van der Waals surface area contributed by atoms with Crippen LogP contribution in [0.2, 0.25) is 0 Å². The van der Waals surface area contributed by atoms with Gasteiger partial charge in [-0.25, -0.2) is 0 Å². The Hall–Kier alpha value is -1.85. The third-order valence-corrected chi connectivity index (χ3v) is 3.56. The lowest BCUT2D eigenvalue weighted by Crippen LogP contribution is -2.42. The zero-order chi connectivity index (χ0) is 13.2. The van der Waals surface area contributed by atoms with E-state index in [2.05, 4.69) is 4.98 Å². The molecule has 2 aromatic rings. The fourth-order valence-corrected chi connectivity index (χ4v) is 2.64. The third-order valence-electron chi connectivity index (χ3n) is 3.56. The number of H-pyrrole nitrogens is 1. The Morgan fingerprint density at radius 2 is 2.05 bits per heavy atom. The smallest absolute Gasteiger partial charge is 0.325 e. The standard InChI is InChI=1S/C14H16N2O3/c17-14(18)13(16-5-7-19-8-6-16)11-9-15-12-4-2-1-3-10(11)12/h1-4,9,13,15H,5-8H2,(H,17,18)/t13-/m0/s1. The molecular weight excluding hydrogens is 244 g/mol. The van der Waals surface area contributed by atoms with E-state index in [-0.39, 0.29) is 0 Å². The largest absolute Gasteiger partial charge is 0.480 e. The summed E-state index contributed by atoms with van der Waals surface area (Å²) in [5, 5.41) is 10.5. The number of hydrogen-bond donors (Lipinski definition) is 2. The van der Waals surface area contributed by atoms with Crippen molar-refractivity contribution < 1.29 is 14.6 Å². The van der Waals surface area contributed by atoms with E-state index in [1.165, 1.54) is 0 Å². The van der Waals surface area contributed by atoms with Crippen LogP contribution in [-0.4, -0.2) is 47.3 Å². The molecule has 0 radical (unpaired) electrons. The molecule has 1 atom stereocenters. The van der Waals surface area contributed by atoms with Crippen LogP contribution >= 0.6 is 0 Å². The minimum atomic E-state index is -0.813. The van der Waals surface area contributed by atoms with Gasteiger partial charge in [-0.05, 0) is 6.07 Å². The number of para-hydroxylation sites is 1. The summed E-state index contributed by atoms with van der Waals surface area (Å²) >= 11 is 0. The molecule has 0 bridgehead atoms. The van der Waals surface area contributed by atoms with Gasteiger partial charge in [0.1, 0.15) is 6.04 Å². The van der Waals surface area contributed by atoms with Crippen LogP contribution in [0.4, 0.5) is 0 Å². The van der Waals surface area contributed by atoms with E-state index in [1.54, 1.807) is 6.20 Å². The Kier molecular flexibility index (Phi) is 3.23. The van der Waals surface area contributed by atoms with E-state index in [0.717, 1.165) is 16.5 Å². The molecule has 0 aliphatic carbocycles. The Morgan fingerprint density at radius 1 is 1.32 bits per heavy atom. The maximum atomic E-state index is 11.6. The van der Waals surface area contributed by atoms with E-state index in [9.17, 15) is 9.90 Å². The monoisotopic (exact) mass is 260 g/mol. The highest BCUT2D eigenvalue weighted by Crippen LogP contribution is 2.29. The number of ether oxygens (including phenoxy) is 1. The van der Waals surface area contributed by atoms with Crippen LogP contribution in [0.25, 0.3) is 10.9 Å². The number of rotatable bonds is 3. The lowest BCUT2D eigenvalue weighted by molar-refractivity contribution is -0.145. The van der Waals surface area contributed by atoms with Gasteiger partial charge in [0.05, 0.1) is 13.2 Å². The number of fused-ring (bicyclic) bond motifs is 1. The van der Waals surface area contributed by atoms with Crippen molar-refractivity contribution in [3.8, 4) is 0 Å². The van der Waals surface area contributed by atoms with Gasteiger partial charge in [0.25, 0.3) is 0 Å². The molecule has 1 aromatic carbocycles. The topological polar surface area (TPSA) is 65.6 Å². The summed E-state index contributed by atoms with van der Waals surface area (Å²) < 4.78 is 5.29. The molecule has 100 valence electrons. The molecule has 0 spiro atoms. The summed E-state index contributed by atoms with van der Waals surface area (Å²) in [6, 6.07) is 7.17. The van der Waals surface area contributed by atoms with Crippen molar-refractivity contribution in [2.75, 3.05) is 26.3 Å². The van der Waals surface area contributed by atoms with Crippen molar-refractivity contribution in [2.45, 2.75) is 6.04 Å². The van der Waals surface area contributed by atoms with Gasteiger partial charge in [-0.15, -0.1) is 0 Å². The Morgan fingerprint density at radius 3 is 2.79 bits per heavy atom. The first kappa shape index (κ1) is 12.2. The average Bonchev–Trinajstić information content (AvgIpc) is 2.84. The second kappa shape index (κ2) is 5.03. The van der Waals surface area contributed by atoms with Gasteiger partial charge in [0.15, 0.2) is 0 Å². The number of aromatic nitrogens is 1. The van der Waals surface area contributed by atoms with Crippen LogP contribution in [0.3, 0.4) is 0 Å². The van der Waals surface area contributed by atoms with Crippen molar-refractivity contribution in [3.05, 3.63) is 36.0 Å². The van der Waals surface area contributed by atoms with E-state index >= 15 is 0 Å². The fourth-order valence-electron chi connectivity index (χ4n) is 2.64. The molecule has 0 saturated carbocycles. The van der Waals surface area contributed by atoms with Crippen LogP contribution in [0.1, 0.15) is 11.6 Å². The molecule has 1 saturated heterocycles. The van der Waals surface area contributed by atoms with Gasteiger partial charge in [-0.1, -0.05) is 18.2 Å². The van der Waals surface area contributed by atoms with Gasteiger partial charge in [-0.3, -0.25) is 9.69 Å². The SMILES string of the molecule is O=C(O)[C@H](c1c[nH]c2ccccc12)N1CCOCC1. The van der Waals surface area contributed by atoms with Crippen LogP contribution in [-0.2, 0) is 9.53 Å². The highest BCUT2D eigenvalue weighted by molar-refractivity contribution is 5.89. The molecule has 2 heterocycles. The molecule has 1 fully saturated rings. The normalized spacial score (nSPS) is 18.5. The lowest BCUT2D eigenvalue weighted by atomic mass is 10.0. The van der Waals surface area contributed by atoms with E-state index in [4.69, 9.17) is 4.74 Å². The highest BCUT2D eigenvalue weighted by atomic mass is 16.5. The predicted octanol–water partition coefficient (Wildman–Crippen LogP) is 1.63. The molecule has 2 N–H and O–H groups in total. The zero-order valence-electron chi connectivity index (χ0n) is 10.5. The van der Waals surface area contributed by atoms with E-state index in [1.807, 2.05) is 29.2 Å². The summed E-state index contributed by atoms with van der Waals surface area (Å²) in [4.78, 5) is 16.7. The van der Waals surface area contributed by atoms with Crippen LogP contribution in [0, 0.1) is 0 Å². The number of nitrogens with zero attached hydrogens (tertiary/aromatic N) is 1. The van der Waals surface area contributed by atoms with Crippen LogP contribution < -0.4 is 0 Å². The van der Waals surface area contributed by atoms with Crippen molar-refractivity contribution in [1.29, 1.82) is 0 Å². The van der Waals surface area contributed by atoms with E-state index < -0.39 is 12.0 Å². The maximum absolute atomic E-state index is 11.6. The summed E-state index contributed by atoms with van der Waals surface area (Å²) in [5.41, 5.74) is 1.79. The first-order valence-corrected chi connectivity index (χ1v) is 6.38. The van der Waals surface area contributed by atoms with Gasteiger partial charge in [-0.2, -0.15) is 0 Å². The summed E-state index contributed by atoms with van der Waals surface area (Å²) in [5.74, 6) is -0.813. The highest BCUT2D eigenvalue weighted by Gasteiger charge is 2.30. The predicted molar refractivity (Wildman–Crippen MR) is 71.1 cm³/mol. The number of carboxylic acids is 1. The number of aliphatic carboxylic acids is 1. The first-order chi connectivity index (χ1) is 9.27. The van der Waals surface area contributed by atoms with Gasteiger partial charge in [0, 0.05) is 35.8 Å². The molecule has 3 rings (SSSR count). The molecule has 5 nitrogen and oxygen atoms in total. The zero-order valence-corrected chi connectivity index (χ0v) is 10.5. The molecule has 0 unspecified atom stereocenters. The minimum Gasteiger partial charge on any atom is -0.480 e. The van der Waals surface area contributed by atoms with Gasteiger partial charge in [0.2, 0.25) is 0 Å². The molecule has 0 amide bonds. The van der Waals surface area contributed by atoms with E-state index in [0.29, 0.717) is 26.3 Å². The van der Waals surface area contributed by atoms with Gasteiger partial charge < -0.3 is 14.8 Å². The quantitative estimate of drug-likeness (QED) is 0.880. The Bertz CT molecular complexity index is 587. The summed E-state index contributed by atoms with van der Waals surface area (Å²) in [6.45, 7) is 2.48. The number of morpholine rings is 1. The lowest BCUT2D eigenvalue weighted by Gasteiger charge is -2.31. The van der Waals surface area contributed by atoms with Gasteiger partial charge >= 0.3 is 5.97 Å². The molecule has 19 heavy (non-hydrogen) atoms.